The summed E-state index contributed by atoms with van der Waals surface area (Å²) in [5.41, 5.74) is 25.0. The third kappa shape index (κ3) is 23.7. The normalized spacial score (nSPS) is 18.1. The molecule has 1 aliphatic rings. The van der Waals surface area contributed by atoms with Crippen LogP contribution in [-0.2, 0) is 43.2 Å². The summed E-state index contributed by atoms with van der Waals surface area (Å²) < 4.78 is 0. The van der Waals surface area contributed by atoms with E-state index in [4.69, 9.17) is 16.6 Å². The molecule has 3 atom stereocenters. The highest BCUT2D eigenvalue weighted by atomic mass is 16.2. The van der Waals surface area contributed by atoms with Crippen LogP contribution in [0.15, 0.2) is 15.3 Å². The van der Waals surface area contributed by atoms with E-state index in [-0.39, 0.29) is 71.4 Å². The van der Waals surface area contributed by atoms with E-state index in [1.165, 1.54) is 0 Å². The summed E-state index contributed by atoms with van der Waals surface area (Å²) in [6.45, 7) is -1.78. The number of Topliss-reactive ketones (excluding diaryl/α,β-unsaturated/α-hetero) is 1. The number of amides is 8. The van der Waals surface area contributed by atoms with Gasteiger partial charge in [0.1, 0.15) is 31.7 Å². The lowest BCUT2D eigenvalue weighted by Crippen LogP contribution is -2.53. The van der Waals surface area contributed by atoms with Crippen LogP contribution in [0.3, 0.4) is 0 Å². The van der Waals surface area contributed by atoms with Crippen molar-refractivity contribution in [2.24, 2.45) is 15.3 Å². The monoisotopic (exact) mass is 803 g/mol. The molecule has 26 heteroatoms. The van der Waals surface area contributed by atoms with Crippen molar-refractivity contribution in [2.75, 3.05) is 52.4 Å². The quantitative estimate of drug-likeness (QED) is 0.0299. The molecular formula is C31H49N17O9. The van der Waals surface area contributed by atoms with Gasteiger partial charge < -0.3 is 42.5 Å². The van der Waals surface area contributed by atoms with Crippen molar-refractivity contribution in [2.45, 2.75) is 88.8 Å². The molecule has 8 amide bonds. The molecule has 0 aliphatic carbocycles. The van der Waals surface area contributed by atoms with Crippen molar-refractivity contribution < 1.29 is 43.2 Å². The van der Waals surface area contributed by atoms with E-state index >= 15 is 0 Å². The zero-order chi connectivity index (χ0) is 42.3. The maximum absolute atomic E-state index is 13.3. The second kappa shape index (κ2) is 29.7. The second-order valence-electron chi connectivity index (χ2n) is 12.5. The molecule has 0 spiro atoms. The maximum atomic E-state index is 13.3. The van der Waals surface area contributed by atoms with Crippen molar-refractivity contribution in [3.8, 4) is 0 Å². The second-order valence-corrected chi connectivity index (χ2v) is 12.5. The van der Waals surface area contributed by atoms with Crippen LogP contribution < -0.4 is 42.5 Å². The largest absolute Gasteiger partial charge is 0.356 e. The first-order chi connectivity index (χ1) is 27.4. The van der Waals surface area contributed by atoms with Gasteiger partial charge in [-0.1, -0.05) is 15.3 Å². The molecule has 0 aromatic heterocycles. The number of ketones is 1. The first-order valence-corrected chi connectivity index (χ1v) is 18.2. The lowest BCUT2D eigenvalue weighted by atomic mass is 10.0. The minimum absolute atomic E-state index is 0.0535. The molecule has 1 fully saturated rings. The number of rotatable bonds is 21. The Morgan fingerprint density at radius 3 is 1.26 bits per heavy atom. The van der Waals surface area contributed by atoms with Crippen molar-refractivity contribution in [1.82, 2.24) is 42.5 Å². The highest BCUT2D eigenvalue weighted by molar-refractivity contribution is 5.96. The van der Waals surface area contributed by atoms with Crippen LogP contribution in [0, 0.1) is 0 Å². The van der Waals surface area contributed by atoms with Gasteiger partial charge in [0.05, 0.1) is 19.1 Å². The summed E-state index contributed by atoms with van der Waals surface area (Å²) in [6.07, 6.45) is 1.63. The number of unbranched alkanes of at least 4 members (excludes halogenated alkanes) is 3. The molecule has 0 saturated carbocycles. The summed E-state index contributed by atoms with van der Waals surface area (Å²) >= 11 is 0. The Bertz CT molecular complexity index is 1390. The third-order valence-corrected chi connectivity index (χ3v) is 8.03. The Balaban J connectivity index is 3.10. The zero-order valence-electron chi connectivity index (χ0n) is 31.4. The smallest absolute Gasteiger partial charge is 0.243 e. The molecule has 0 aromatic rings. The molecule has 0 unspecified atom stereocenters. The van der Waals surface area contributed by atoms with Gasteiger partial charge in [0, 0.05) is 47.2 Å². The molecule has 26 nitrogen and oxygen atoms in total. The number of azide groups is 3. The number of hydrogen-bond donors (Lipinski definition) is 8. The van der Waals surface area contributed by atoms with E-state index in [1.54, 1.807) is 0 Å². The molecule has 312 valence electrons. The van der Waals surface area contributed by atoms with Gasteiger partial charge in [-0.15, -0.1) is 0 Å². The topological polar surface area (TPSA) is 396 Å². The number of hydrogen-bond acceptors (Lipinski definition) is 12. The minimum atomic E-state index is -1.18. The minimum Gasteiger partial charge on any atom is -0.356 e. The van der Waals surface area contributed by atoms with Crippen LogP contribution in [0.4, 0.5) is 0 Å². The average Bonchev–Trinajstić information content (AvgIpc) is 3.19. The summed E-state index contributed by atoms with van der Waals surface area (Å²) in [4.78, 5) is 121. The average molecular weight is 804 g/mol. The van der Waals surface area contributed by atoms with Gasteiger partial charge in [0.25, 0.3) is 0 Å². The number of carbonyl (C=O) groups is 9. The molecule has 1 rings (SSSR count). The SMILES string of the molecule is [N-]=[N+]=NCC(=O)NCCCC[C@@H]1NC(=O)CNC(=O)[C@H](CCCCNC(=O)CN=[N+]=[N-])NC(=O)CNC(=O)[C@H](CCCCNC(=O)CN=[N+]=[N-])NC(=O)CCC1=O. The summed E-state index contributed by atoms with van der Waals surface area (Å²) in [7, 11) is 0. The molecule has 8 N–H and O–H groups in total. The Morgan fingerprint density at radius 2 is 0.877 bits per heavy atom. The lowest BCUT2D eigenvalue weighted by Gasteiger charge is -2.22. The molecule has 1 heterocycles. The Morgan fingerprint density at radius 1 is 0.526 bits per heavy atom. The van der Waals surface area contributed by atoms with Gasteiger partial charge in [-0.3, -0.25) is 43.2 Å². The lowest BCUT2D eigenvalue weighted by molar-refractivity contribution is -0.133. The number of carbonyl (C=O) groups excluding carboxylic acids is 9. The molecule has 0 aromatic carbocycles. The van der Waals surface area contributed by atoms with Crippen LogP contribution in [0.2, 0.25) is 0 Å². The fraction of sp³-hybridized carbons (Fsp3) is 0.710. The van der Waals surface area contributed by atoms with Crippen molar-refractivity contribution >= 4 is 53.0 Å². The summed E-state index contributed by atoms with van der Waals surface area (Å²) in [5, 5.41) is 29.6. The first-order valence-electron chi connectivity index (χ1n) is 18.2. The van der Waals surface area contributed by atoms with Gasteiger partial charge in [-0.25, -0.2) is 0 Å². The highest BCUT2D eigenvalue weighted by Crippen LogP contribution is 2.08. The molecule has 1 aliphatic heterocycles. The first kappa shape index (κ1) is 48.4. The van der Waals surface area contributed by atoms with E-state index in [0.29, 0.717) is 38.5 Å². The van der Waals surface area contributed by atoms with Gasteiger partial charge in [0.2, 0.25) is 47.3 Å². The van der Waals surface area contributed by atoms with Gasteiger partial charge in [-0.05, 0) is 74.4 Å². The molecule has 57 heavy (non-hydrogen) atoms. The Labute approximate surface area is 326 Å². The van der Waals surface area contributed by atoms with E-state index in [1.807, 2.05) is 0 Å². The van der Waals surface area contributed by atoms with Crippen LogP contribution in [-0.4, -0.2) is 124 Å². The van der Waals surface area contributed by atoms with Crippen LogP contribution in [0.1, 0.15) is 70.6 Å². The Hall–Kier alpha value is -6.64. The predicted molar refractivity (Wildman–Crippen MR) is 199 cm³/mol. The maximum Gasteiger partial charge on any atom is 0.243 e. The van der Waals surface area contributed by atoms with Crippen LogP contribution >= 0.6 is 0 Å². The standard InChI is InChI=1S/C31H49N17O9/c32-46-40-17-25(51)35-12-4-1-7-20-23(49)10-11-24(50)44-21(8-2-5-13-36-26(52)18-41-47-33)30(56)39-16-29(55)45-22(31(57)38-15-28(54)43-20)9-3-6-14-37-27(53)19-42-48-34/h20-22H,1-19H2,(H,35,51)(H,36,52)(H,37,53)(H,38,57)(H,39,56)(H,43,54)(H,44,50)(H,45,55)/t20-,21-,22-/m0/s1. The molecule has 1 saturated heterocycles. The zero-order valence-corrected chi connectivity index (χ0v) is 31.4. The fourth-order valence-corrected chi connectivity index (χ4v) is 5.16. The van der Waals surface area contributed by atoms with Gasteiger partial charge >= 0.3 is 0 Å². The van der Waals surface area contributed by atoms with E-state index in [0.717, 1.165) is 0 Å². The highest BCUT2D eigenvalue weighted by Gasteiger charge is 2.27. The third-order valence-electron chi connectivity index (χ3n) is 8.03. The predicted octanol–water partition coefficient (Wildman–Crippen LogP) is -1.17. The molecule has 0 bridgehead atoms. The molecule has 0 radical (unpaired) electrons. The fourth-order valence-electron chi connectivity index (χ4n) is 5.16. The van der Waals surface area contributed by atoms with E-state index < -0.39 is 84.3 Å². The Kier molecular flexibility index (Phi) is 25.2. The van der Waals surface area contributed by atoms with E-state index in [9.17, 15) is 43.2 Å². The van der Waals surface area contributed by atoms with Crippen molar-refractivity contribution in [1.29, 1.82) is 0 Å². The summed E-state index contributed by atoms with van der Waals surface area (Å²) in [6, 6.07) is -3.43. The van der Waals surface area contributed by atoms with Gasteiger partial charge in [-0.2, -0.15) is 0 Å². The summed E-state index contributed by atoms with van der Waals surface area (Å²) in [5.74, 6) is -5.64. The number of nitrogens with zero attached hydrogens (tertiary/aromatic N) is 9. The van der Waals surface area contributed by atoms with Crippen molar-refractivity contribution in [3.63, 3.8) is 0 Å². The van der Waals surface area contributed by atoms with Crippen molar-refractivity contribution in [3.05, 3.63) is 31.3 Å². The molecular weight excluding hydrogens is 754 g/mol. The van der Waals surface area contributed by atoms with Crippen LogP contribution in [0.25, 0.3) is 31.3 Å². The number of nitrogens with one attached hydrogen (secondary N) is 8. The van der Waals surface area contributed by atoms with Gasteiger partial charge in [0.15, 0.2) is 5.78 Å². The van der Waals surface area contributed by atoms with Crippen LogP contribution in [0.5, 0.6) is 0 Å². The van der Waals surface area contributed by atoms with E-state index in [2.05, 4.69) is 72.6 Å².